The first-order chi connectivity index (χ1) is 16.0. The number of amides is 2. The number of aromatic nitrogens is 2. The molecule has 0 saturated heterocycles. The van der Waals surface area contributed by atoms with E-state index < -0.39 is 5.82 Å². The average molecular weight is 442 g/mol. The van der Waals surface area contributed by atoms with E-state index in [0.29, 0.717) is 40.5 Å². The van der Waals surface area contributed by atoms with Gasteiger partial charge in [-0.05, 0) is 48.5 Å². The molecule has 8 heteroatoms. The molecule has 0 fully saturated rings. The lowest BCUT2D eigenvalue weighted by atomic mass is 10.1. The third-order valence-electron chi connectivity index (χ3n) is 5.43. The SMILES string of the molecule is Cn1cncc1CNC(=O)c1cccc(-c2ccc(C=C3C(=O)Nc4ccc(F)cc43)o2)c1. The van der Waals surface area contributed by atoms with Crippen molar-refractivity contribution in [2.75, 3.05) is 5.32 Å². The summed E-state index contributed by atoms with van der Waals surface area (Å²) in [6, 6.07) is 14.7. The first kappa shape index (κ1) is 20.4. The second kappa shape index (κ2) is 8.23. The van der Waals surface area contributed by atoms with E-state index in [1.54, 1.807) is 48.9 Å². The van der Waals surface area contributed by atoms with Crippen LogP contribution in [0.15, 0.2) is 71.5 Å². The molecule has 0 atom stereocenters. The largest absolute Gasteiger partial charge is 0.457 e. The van der Waals surface area contributed by atoms with E-state index in [-0.39, 0.29) is 11.8 Å². The van der Waals surface area contributed by atoms with Gasteiger partial charge < -0.3 is 19.6 Å². The van der Waals surface area contributed by atoms with Crippen molar-refractivity contribution >= 4 is 29.2 Å². The van der Waals surface area contributed by atoms with Crippen molar-refractivity contribution < 1.29 is 18.4 Å². The summed E-state index contributed by atoms with van der Waals surface area (Å²) in [4.78, 5) is 28.9. The Morgan fingerprint density at radius 1 is 1.21 bits per heavy atom. The van der Waals surface area contributed by atoms with Crippen LogP contribution in [0.1, 0.15) is 27.4 Å². The third kappa shape index (κ3) is 4.06. The highest BCUT2D eigenvalue weighted by Crippen LogP contribution is 2.34. The molecule has 33 heavy (non-hydrogen) atoms. The molecule has 7 nitrogen and oxygen atoms in total. The maximum absolute atomic E-state index is 13.7. The van der Waals surface area contributed by atoms with Gasteiger partial charge in [-0.1, -0.05) is 12.1 Å². The fourth-order valence-corrected chi connectivity index (χ4v) is 3.67. The zero-order valence-electron chi connectivity index (χ0n) is 17.6. The van der Waals surface area contributed by atoms with Crippen molar-refractivity contribution in [3.63, 3.8) is 0 Å². The molecule has 1 aliphatic rings. The normalized spacial score (nSPS) is 13.8. The van der Waals surface area contributed by atoms with Gasteiger partial charge in [-0.2, -0.15) is 0 Å². The predicted octanol–water partition coefficient (Wildman–Crippen LogP) is 4.24. The van der Waals surface area contributed by atoms with Gasteiger partial charge in [0, 0.05) is 35.6 Å². The average Bonchev–Trinajstić information content (AvgIpc) is 3.52. The van der Waals surface area contributed by atoms with E-state index in [2.05, 4.69) is 15.6 Å². The van der Waals surface area contributed by atoms with E-state index in [0.717, 1.165) is 11.3 Å². The van der Waals surface area contributed by atoms with Crippen LogP contribution >= 0.6 is 0 Å². The van der Waals surface area contributed by atoms with Crippen molar-refractivity contribution in [2.45, 2.75) is 6.54 Å². The molecular formula is C25H19FN4O3. The van der Waals surface area contributed by atoms with Crippen LogP contribution in [0.5, 0.6) is 0 Å². The van der Waals surface area contributed by atoms with E-state index in [4.69, 9.17) is 4.42 Å². The number of rotatable bonds is 5. The van der Waals surface area contributed by atoms with Gasteiger partial charge in [0.05, 0.1) is 24.1 Å². The summed E-state index contributed by atoms with van der Waals surface area (Å²) in [5.41, 5.74) is 3.48. The number of anilines is 1. The summed E-state index contributed by atoms with van der Waals surface area (Å²) in [6.45, 7) is 0.363. The Bertz CT molecular complexity index is 1420. The Morgan fingerprint density at radius 3 is 2.91 bits per heavy atom. The second-order valence-corrected chi connectivity index (χ2v) is 7.66. The molecule has 0 bridgehead atoms. The maximum Gasteiger partial charge on any atom is 0.256 e. The zero-order valence-corrected chi connectivity index (χ0v) is 17.6. The first-order valence-electron chi connectivity index (χ1n) is 10.2. The van der Waals surface area contributed by atoms with Crippen LogP contribution < -0.4 is 10.6 Å². The lowest BCUT2D eigenvalue weighted by molar-refractivity contribution is -0.110. The van der Waals surface area contributed by atoms with Gasteiger partial charge >= 0.3 is 0 Å². The molecular weight excluding hydrogens is 423 g/mol. The Labute approximate surface area is 188 Å². The fourth-order valence-electron chi connectivity index (χ4n) is 3.67. The van der Waals surface area contributed by atoms with Crippen LogP contribution in [0.25, 0.3) is 23.0 Å². The summed E-state index contributed by atoms with van der Waals surface area (Å²) in [5, 5.41) is 5.59. The number of nitrogens with one attached hydrogen (secondary N) is 2. The smallest absolute Gasteiger partial charge is 0.256 e. The number of benzene rings is 2. The summed E-state index contributed by atoms with van der Waals surface area (Å²) < 4.78 is 21.4. The van der Waals surface area contributed by atoms with Gasteiger partial charge in [-0.25, -0.2) is 9.37 Å². The second-order valence-electron chi connectivity index (χ2n) is 7.66. The minimum Gasteiger partial charge on any atom is -0.457 e. The van der Waals surface area contributed by atoms with Crippen molar-refractivity contribution in [3.05, 3.63) is 95.5 Å². The quantitative estimate of drug-likeness (QED) is 0.453. The number of fused-ring (bicyclic) bond motifs is 1. The van der Waals surface area contributed by atoms with Crippen LogP contribution in [0.2, 0.25) is 0 Å². The van der Waals surface area contributed by atoms with Crippen molar-refractivity contribution in [2.24, 2.45) is 7.05 Å². The molecule has 2 aromatic carbocycles. The molecule has 0 aliphatic carbocycles. The molecule has 5 rings (SSSR count). The van der Waals surface area contributed by atoms with Gasteiger partial charge in [0.1, 0.15) is 17.3 Å². The molecule has 164 valence electrons. The number of hydrogen-bond acceptors (Lipinski definition) is 4. The van der Waals surface area contributed by atoms with Crippen LogP contribution in [0.4, 0.5) is 10.1 Å². The van der Waals surface area contributed by atoms with E-state index >= 15 is 0 Å². The van der Waals surface area contributed by atoms with Crippen LogP contribution in [-0.4, -0.2) is 21.4 Å². The summed E-state index contributed by atoms with van der Waals surface area (Å²) in [7, 11) is 1.86. The van der Waals surface area contributed by atoms with Crippen molar-refractivity contribution in [1.29, 1.82) is 0 Å². The predicted molar refractivity (Wildman–Crippen MR) is 121 cm³/mol. The molecule has 2 amide bonds. The van der Waals surface area contributed by atoms with Crippen LogP contribution in [-0.2, 0) is 18.4 Å². The highest BCUT2D eigenvalue weighted by atomic mass is 19.1. The summed E-state index contributed by atoms with van der Waals surface area (Å²) in [5.74, 6) is 0.0305. The van der Waals surface area contributed by atoms with E-state index in [1.165, 1.54) is 18.2 Å². The third-order valence-corrected chi connectivity index (χ3v) is 5.43. The highest BCUT2D eigenvalue weighted by molar-refractivity contribution is 6.34. The Balaban J connectivity index is 1.36. The lowest BCUT2D eigenvalue weighted by Crippen LogP contribution is -2.23. The number of carbonyl (C=O) groups is 2. The molecule has 0 unspecified atom stereocenters. The summed E-state index contributed by atoms with van der Waals surface area (Å²) >= 11 is 0. The Kier molecular flexibility index (Phi) is 5.10. The minimum atomic E-state index is -0.422. The number of nitrogens with zero attached hydrogens (tertiary/aromatic N) is 2. The van der Waals surface area contributed by atoms with E-state index in [9.17, 15) is 14.0 Å². The number of halogens is 1. The van der Waals surface area contributed by atoms with Gasteiger partial charge in [-0.15, -0.1) is 0 Å². The molecule has 0 spiro atoms. The highest BCUT2D eigenvalue weighted by Gasteiger charge is 2.25. The number of furan rings is 1. The molecule has 1 aliphatic heterocycles. The van der Waals surface area contributed by atoms with Gasteiger partial charge in [0.15, 0.2) is 0 Å². The molecule has 2 aromatic heterocycles. The Morgan fingerprint density at radius 2 is 2.09 bits per heavy atom. The standard InChI is InChI=1S/C25H19FN4O3/c1-30-14-27-12-18(30)13-28-24(31)16-4-2-3-15(9-16)23-8-6-19(33-23)11-21-20-10-17(26)5-7-22(20)29-25(21)32/h2-12,14H,13H2,1H3,(H,28,31)(H,29,32). The van der Waals surface area contributed by atoms with Crippen LogP contribution in [0, 0.1) is 5.82 Å². The van der Waals surface area contributed by atoms with Crippen LogP contribution in [0.3, 0.4) is 0 Å². The van der Waals surface area contributed by atoms with Crippen molar-refractivity contribution in [3.8, 4) is 11.3 Å². The maximum atomic E-state index is 13.7. The first-order valence-corrected chi connectivity index (χ1v) is 10.2. The topological polar surface area (TPSA) is 89.2 Å². The molecule has 4 aromatic rings. The van der Waals surface area contributed by atoms with Gasteiger partial charge in [0.25, 0.3) is 11.8 Å². The molecule has 3 heterocycles. The van der Waals surface area contributed by atoms with Gasteiger partial charge in [0.2, 0.25) is 0 Å². The Hall–Kier alpha value is -4.46. The monoisotopic (exact) mass is 442 g/mol. The molecule has 2 N–H and O–H groups in total. The fraction of sp³-hybridized carbons (Fsp3) is 0.0800. The number of aryl methyl sites for hydroxylation is 1. The van der Waals surface area contributed by atoms with Crippen molar-refractivity contribution in [1.82, 2.24) is 14.9 Å². The minimum absolute atomic E-state index is 0.215. The number of imidazole rings is 1. The zero-order chi connectivity index (χ0) is 22.9. The lowest BCUT2D eigenvalue weighted by Gasteiger charge is -2.07. The molecule has 0 radical (unpaired) electrons. The molecule has 0 saturated carbocycles. The van der Waals surface area contributed by atoms with Gasteiger partial charge in [-0.3, -0.25) is 9.59 Å². The number of hydrogen-bond donors (Lipinski definition) is 2. The summed E-state index contributed by atoms with van der Waals surface area (Å²) in [6.07, 6.45) is 4.96. The van der Waals surface area contributed by atoms with E-state index in [1.807, 2.05) is 17.7 Å². The number of carbonyl (C=O) groups excluding carboxylic acids is 2.